The summed E-state index contributed by atoms with van der Waals surface area (Å²) in [6.07, 6.45) is 3.45. The second-order valence-corrected chi connectivity index (χ2v) is 7.19. The molecule has 30 heavy (non-hydrogen) atoms. The van der Waals surface area contributed by atoms with Gasteiger partial charge in [-0.1, -0.05) is 60.7 Å². The third kappa shape index (κ3) is 2.62. The van der Waals surface area contributed by atoms with Gasteiger partial charge in [-0.25, -0.2) is 15.0 Å². The zero-order valence-corrected chi connectivity index (χ0v) is 16.0. The largest absolute Gasteiger partial charge is 0.254 e. The molecule has 0 unspecified atom stereocenters. The number of nitrogens with zero attached hydrogens (tertiary/aromatic N) is 4. The standard InChI is InChI=1S/C26H16N4/c1-3-8-19-17(6-1)14-15-27-25(19)26-24-20(9-5-11-23(24)28-16-29-26)22-13-12-18-7-2-4-10-21(18)30-22/h1-16H. The predicted molar refractivity (Wildman–Crippen MR) is 121 cm³/mol. The van der Waals surface area contributed by atoms with E-state index in [1.807, 2.05) is 54.7 Å². The first-order chi connectivity index (χ1) is 14.9. The van der Waals surface area contributed by atoms with Crippen molar-refractivity contribution in [3.63, 3.8) is 0 Å². The fourth-order valence-electron chi connectivity index (χ4n) is 4.03. The second kappa shape index (κ2) is 6.71. The third-order valence-electron chi connectivity index (χ3n) is 5.44. The first kappa shape index (κ1) is 16.7. The second-order valence-electron chi connectivity index (χ2n) is 7.19. The summed E-state index contributed by atoms with van der Waals surface area (Å²) in [4.78, 5) is 18.8. The zero-order chi connectivity index (χ0) is 19.9. The Morgan fingerprint density at radius 2 is 1.37 bits per heavy atom. The van der Waals surface area contributed by atoms with Gasteiger partial charge in [0.15, 0.2) is 0 Å². The lowest BCUT2D eigenvalue weighted by Crippen LogP contribution is -1.95. The summed E-state index contributed by atoms with van der Waals surface area (Å²) >= 11 is 0. The summed E-state index contributed by atoms with van der Waals surface area (Å²) in [6.45, 7) is 0. The summed E-state index contributed by atoms with van der Waals surface area (Å²) < 4.78 is 0. The van der Waals surface area contributed by atoms with Gasteiger partial charge in [0.05, 0.1) is 22.4 Å². The van der Waals surface area contributed by atoms with Crippen LogP contribution in [0.2, 0.25) is 0 Å². The van der Waals surface area contributed by atoms with Crippen molar-refractivity contribution < 1.29 is 0 Å². The summed E-state index contributed by atoms with van der Waals surface area (Å²) in [5.41, 5.74) is 5.42. The number of pyridine rings is 2. The number of para-hydroxylation sites is 1. The normalized spacial score (nSPS) is 11.3. The van der Waals surface area contributed by atoms with E-state index >= 15 is 0 Å². The monoisotopic (exact) mass is 384 g/mol. The molecule has 0 aliphatic carbocycles. The molecule has 0 atom stereocenters. The molecule has 0 aliphatic rings. The fourth-order valence-corrected chi connectivity index (χ4v) is 4.03. The minimum Gasteiger partial charge on any atom is -0.254 e. The van der Waals surface area contributed by atoms with Crippen molar-refractivity contribution in [1.29, 1.82) is 0 Å². The number of hydrogen-bond donors (Lipinski definition) is 0. The average molecular weight is 384 g/mol. The van der Waals surface area contributed by atoms with E-state index in [0.29, 0.717) is 0 Å². The topological polar surface area (TPSA) is 51.6 Å². The summed E-state index contributed by atoms with van der Waals surface area (Å²) in [7, 11) is 0. The highest BCUT2D eigenvalue weighted by atomic mass is 14.9. The highest BCUT2D eigenvalue weighted by molar-refractivity contribution is 6.07. The molecule has 4 heteroatoms. The Hall–Kier alpha value is -4.18. The number of aromatic nitrogens is 4. The Bertz CT molecular complexity index is 1550. The van der Waals surface area contributed by atoms with E-state index in [2.05, 4.69) is 46.4 Å². The van der Waals surface area contributed by atoms with Crippen molar-refractivity contribution in [2.24, 2.45) is 0 Å². The molecule has 140 valence electrons. The van der Waals surface area contributed by atoms with E-state index < -0.39 is 0 Å². The zero-order valence-electron chi connectivity index (χ0n) is 16.0. The van der Waals surface area contributed by atoms with E-state index in [1.54, 1.807) is 6.33 Å². The Balaban J connectivity index is 1.69. The summed E-state index contributed by atoms with van der Waals surface area (Å²) in [6, 6.07) is 28.7. The first-order valence-corrected chi connectivity index (χ1v) is 9.82. The van der Waals surface area contributed by atoms with Gasteiger partial charge in [0.1, 0.15) is 12.0 Å². The Labute approximate surface area is 172 Å². The molecule has 3 aromatic carbocycles. The minimum absolute atomic E-state index is 0.822. The van der Waals surface area contributed by atoms with Gasteiger partial charge in [-0.2, -0.15) is 0 Å². The van der Waals surface area contributed by atoms with E-state index in [1.165, 1.54) is 0 Å². The highest BCUT2D eigenvalue weighted by Gasteiger charge is 2.16. The molecule has 0 aliphatic heterocycles. The highest BCUT2D eigenvalue weighted by Crippen LogP contribution is 2.35. The smallest absolute Gasteiger partial charge is 0.116 e. The predicted octanol–water partition coefficient (Wildman–Crippen LogP) is 6.06. The Morgan fingerprint density at radius 1 is 0.533 bits per heavy atom. The van der Waals surface area contributed by atoms with Crippen LogP contribution in [0.15, 0.2) is 97.5 Å². The molecule has 0 saturated heterocycles. The maximum absolute atomic E-state index is 4.92. The molecule has 0 fully saturated rings. The van der Waals surface area contributed by atoms with E-state index in [-0.39, 0.29) is 0 Å². The van der Waals surface area contributed by atoms with Crippen LogP contribution in [-0.4, -0.2) is 19.9 Å². The molecule has 6 aromatic rings. The molecule has 0 amide bonds. The third-order valence-corrected chi connectivity index (χ3v) is 5.44. The van der Waals surface area contributed by atoms with Crippen LogP contribution in [0, 0.1) is 0 Å². The van der Waals surface area contributed by atoms with Gasteiger partial charge < -0.3 is 0 Å². The van der Waals surface area contributed by atoms with Crippen LogP contribution >= 0.6 is 0 Å². The van der Waals surface area contributed by atoms with Crippen molar-refractivity contribution in [2.45, 2.75) is 0 Å². The lowest BCUT2D eigenvalue weighted by atomic mass is 9.99. The lowest BCUT2D eigenvalue weighted by molar-refractivity contribution is 1.20. The van der Waals surface area contributed by atoms with Crippen LogP contribution in [0.1, 0.15) is 0 Å². The fraction of sp³-hybridized carbons (Fsp3) is 0. The molecule has 4 nitrogen and oxygen atoms in total. The van der Waals surface area contributed by atoms with Gasteiger partial charge in [-0.15, -0.1) is 0 Å². The van der Waals surface area contributed by atoms with Crippen LogP contribution in [-0.2, 0) is 0 Å². The average Bonchev–Trinajstić information content (AvgIpc) is 2.82. The molecule has 0 spiro atoms. The van der Waals surface area contributed by atoms with Crippen molar-refractivity contribution in [2.75, 3.05) is 0 Å². The molecule has 0 saturated carbocycles. The van der Waals surface area contributed by atoms with E-state index in [9.17, 15) is 0 Å². The van der Waals surface area contributed by atoms with Crippen molar-refractivity contribution in [3.8, 4) is 22.6 Å². The van der Waals surface area contributed by atoms with Gasteiger partial charge in [0.25, 0.3) is 0 Å². The summed E-state index contributed by atoms with van der Waals surface area (Å²) in [5.74, 6) is 0. The Morgan fingerprint density at radius 3 is 2.33 bits per heavy atom. The van der Waals surface area contributed by atoms with Crippen LogP contribution < -0.4 is 0 Å². The first-order valence-electron chi connectivity index (χ1n) is 9.82. The SMILES string of the molecule is c1ccc2nc(-c3cccc4ncnc(-c5nccc6ccccc56)c34)ccc2c1. The number of benzene rings is 3. The van der Waals surface area contributed by atoms with Crippen molar-refractivity contribution in [1.82, 2.24) is 19.9 Å². The van der Waals surface area contributed by atoms with Gasteiger partial charge in [-0.3, -0.25) is 4.98 Å². The van der Waals surface area contributed by atoms with Crippen LogP contribution in [0.25, 0.3) is 55.2 Å². The van der Waals surface area contributed by atoms with Crippen LogP contribution in [0.3, 0.4) is 0 Å². The van der Waals surface area contributed by atoms with Gasteiger partial charge >= 0.3 is 0 Å². The molecular formula is C26H16N4. The van der Waals surface area contributed by atoms with Gasteiger partial charge in [-0.05, 0) is 29.7 Å². The van der Waals surface area contributed by atoms with Crippen LogP contribution in [0.4, 0.5) is 0 Å². The molecule has 0 bridgehead atoms. The molecule has 3 heterocycles. The molecule has 0 radical (unpaired) electrons. The number of hydrogen-bond acceptors (Lipinski definition) is 4. The van der Waals surface area contributed by atoms with Gasteiger partial charge in [0, 0.05) is 27.9 Å². The number of fused-ring (bicyclic) bond motifs is 3. The molecule has 3 aromatic heterocycles. The van der Waals surface area contributed by atoms with Crippen molar-refractivity contribution >= 4 is 32.6 Å². The maximum atomic E-state index is 4.92. The molecular weight excluding hydrogens is 368 g/mol. The molecule has 6 rings (SSSR count). The number of rotatable bonds is 2. The van der Waals surface area contributed by atoms with Gasteiger partial charge in [0.2, 0.25) is 0 Å². The summed E-state index contributed by atoms with van der Waals surface area (Å²) in [5, 5.41) is 4.29. The molecule has 0 N–H and O–H groups in total. The minimum atomic E-state index is 0.822. The van der Waals surface area contributed by atoms with E-state index in [4.69, 9.17) is 9.97 Å². The van der Waals surface area contributed by atoms with Crippen molar-refractivity contribution in [3.05, 3.63) is 97.5 Å². The Kier molecular flexibility index (Phi) is 3.74. The van der Waals surface area contributed by atoms with E-state index in [0.717, 1.165) is 55.2 Å². The quantitative estimate of drug-likeness (QED) is 0.364. The lowest BCUT2D eigenvalue weighted by Gasteiger charge is -2.12. The maximum Gasteiger partial charge on any atom is 0.116 e. The van der Waals surface area contributed by atoms with Crippen LogP contribution in [0.5, 0.6) is 0 Å².